The number of aromatic nitrogens is 2. The van der Waals surface area contributed by atoms with Gasteiger partial charge < -0.3 is 4.98 Å². The second kappa shape index (κ2) is 2.39. The maximum absolute atomic E-state index is 13.4. The van der Waals surface area contributed by atoms with E-state index in [1.165, 1.54) is 6.33 Å². The molecule has 0 radical (unpaired) electrons. The van der Waals surface area contributed by atoms with E-state index in [0.29, 0.717) is 12.8 Å². The Balaban J connectivity index is 2.58. The van der Waals surface area contributed by atoms with E-state index in [4.69, 9.17) is 0 Å². The number of halogens is 2. The van der Waals surface area contributed by atoms with Crippen molar-refractivity contribution in [3.05, 3.63) is 26.8 Å². The second-order valence-corrected chi connectivity index (χ2v) is 3.65. The minimum Gasteiger partial charge on any atom is -0.312 e. The van der Waals surface area contributed by atoms with Gasteiger partial charge in [0, 0.05) is 0 Å². The monoisotopic (exact) mass is 232 g/mol. The largest absolute Gasteiger partial charge is 0.312 e. The number of hydrogen-bond acceptors (Lipinski definition) is 2. The smallest absolute Gasteiger partial charge is 0.265 e. The van der Waals surface area contributed by atoms with Gasteiger partial charge in [0.05, 0.1) is 12.0 Å². The molecule has 1 fully saturated rings. The maximum Gasteiger partial charge on any atom is 0.265 e. The van der Waals surface area contributed by atoms with Crippen molar-refractivity contribution in [2.75, 3.05) is 0 Å². The van der Waals surface area contributed by atoms with Gasteiger partial charge in [-0.25, -0.2) is 9.37 Å². The fraction of sp³-hybridized carbons (Fsp3) is 0.429. The maximum atomic E-state index is 13.4. The van der Waals surface area contributed by atoms with Crippen LogP contribution in [-0.2, 0) is 5.67 Å². The molecule has 0 bridgehead atoms. The van der Waals surface area contributed by atoms with Gasteiger partial charge in [-0.3, -0.25) is 4.79 Å². The lowest BCUT2D eigenvalue weighted by molar-refractivity contribution is 0.307. The Morgan fingerprint density at radius 3 is 2.92 bits per heavy atom. The summed E-state index contributed by atoms with van der Waals surface area (Å²) in [5.74, 6) is 0. The van der Waals surface area contributed by atoms with E-state index in [2.05, 4.69) is 25.9 Å². The highest BCUT2D eigenvalue weighted by Crippen LogP contribution is 2.49. The van der Waals surface area contributed by atoms with E-state index in [-0.39, 0.29) is 15.7 Å². The first-order chi connectivity index (χ1) is 5.63. The highest BCUT2D eigenvalue weighted by Gasteiger charge is 2.48. The molecule has 0 atom stereocenters. The number of rotatable bonds is 1. The quantitative estimate of drug-likeness (QED) is 0.798. The summed E-state index contributed by atoms with van der Waals surface area (Å²) in [6, 6.07) is 0. The zero-order valence-electron chi connectivity index (χ0n) is 6.10. The molecule has 1 heterocycles. The van der Waals surface area contributed by atoms with Crippen molar-refractivity contribution >= 4 is 15.9 Å². The molecule has 1 aliphatic carbocycles. The van der Waals surface area contributed by atoms with Crippen LogP contribution in [0.4, 0.5) is 4.39 Å². The second-order valence-electron chi connectivity index (χ2n) is 2.86. The zero-order chi connectivity index (χ0) is 8.77. The molecule has 1 aromatic rings. The summed E-state index contributed by atoms with van der Waals surface area (Å²) in [4.78, 5) is 17.2. The Kier molecular flexibility index (Phi) is 1.57. The highest BCUT2D eigenvalue weighted by molar-refractivity contribution is 9.10. The Hall–Kier alpha value is -0.710. The molecule has 0 aromatic carbocycles. The first kappa shape index (κ1) is 7.91. The lowest BCUT2D eigenvalue weighted by Gasteiger charge is -2.04. The van der Waals surface area contributed by atoms with Gasteiger partial charge in [0.1, 0.15) is 4.47 Å². The van der Waals surface area contributed by atoms with Gasteiger partial charge >= 0.3 is 0 Å². The highest BCUT2D eigenvalue weighted by atomic mass is 79.9. The molecular formula is C7H6BrFN2O. The van der Waals surface area contributed by atoms with E-state index >= 15 is 0 Å². The third-order valence-electron chi connectivity index (χ3n) is 1.91. The number of nitrogens with one attached hydrogen (secondary N) is 1. The number of nitrogens with zero attached hydrogens (tertiary/aromatic N) is 1. The van der Waals surface area contributed by atoms with Gasteiger partial charge in [-0.15, -0.1) is 0 Å². The lowest BCUT2D eigenvalue weighted by atomic mass is 10.2. The summed E-state index contributed by atoms with van der Waals surface area (Å²) in [5.41, 5.74) is -1.46. The van der Waals surface area contributed by atoms with Crippen LogP contribution in [0.3, 0.4) is 0 Å². The van der Waals surface area contributed by atoms with Gasteiger partial charge in [-0.2, -0.15) is 0 Å². The van der Waals surface area contributed by atoms with Crippen molar-refractivity contribution < 1.29 is 4.39 Å². The average Bonchev–Trinajstić information content (AvgIpc) is 2.75. The van der Waals surface area contributed by atoms with E-state index in [1.807, 2.05) is 0 Å². The van der Waals surface area contributed by atoms with Gasteiger partial charge in [0.15, 0.2) is 5.67 Å². The van der Waals surface area contributed by atoms with Crippen molar-refractivity contribution in [2.45, 2.75) is 18.5 Å². The van der Waals surface area contributed by atoms with Crippen LogP contribution in [-0.4, -0.2) is 9.97 Å². The summed E-state index contributed by atoms with van der Waals surface area (Å²) < 4.78 is 13.6. The van der Waals surface area contributed by atoms with Crippen molar-refractivity contribution in [3.8, 4) is 0 Å². The Morgan fingerprint density at radius 2 is 2.33 bits per heavy atom. The fourth-order valence-corrected chi connectivity index (χ4v) is 1.61. The summed E-state index contributed by atoms with van der Waals surface area (Å²) in [5, 5.41) is 0. The minimum atomic E-state index is -1.35. The molecule has 12 heavy (non-hydrogen) atoms. The van der Waals surface area contributed by atoms with E-state index in [9.17, 15) is 9.18 Å². The number of alkyl halides is 1. The first-order valence-corrected chi connectivity index (χ1v) is 4.35. The first-order valence-electron chi connectivity index (χ1n) is 3.56. The normalized spacial score (nSPS) is 19.2. The summed E-state index contributed by atoms with van der Waals surface area (Å²) >= 11 is 3.01. The van der Waals surface area contributed by atoms with Crippen LogP contribution in [0.5, 0.6) is 0 Å². The number of hydrogen-bond donors (Lipinski definition) is 1. The third-order valence-corrected chi connectivity index (χ3v) is 2.65. The molecule has 1 N–H and O–H groups in total. The molecule has 0 aliphatic heterocycles. The van der Waals surface area contributed by atoms with Crippen LogP contribution >= 0.6 is 15.9 Å². The SMILES string of the molecule is O=c1[nH]cnc(C2(F)CC2)c1Br. The molecule has 0 amide bonds. The molecule has 1 aromatic heterocycles. The lowest BCUT2D eigenvalue weighted by Crippen LogP contribution is -2.14. The molecule has 1 aliphatic rings. The minimum absolute atomic E-state index is 0.213. The third kappa shape index (κ3) is 1.08. The van der Waals surface area contributed by atoms with Crippen LogP contribution in [0.2, 0.25) is 0 Å². The van der Waals surface area contributed by atoms with Gasteiger partial charge in [-0.05, 0) is 28.8 Å². The standard InChI is InChI=1S/C7H6BrFN2O/c8-4-5(7(9)1-2-7)10-3-11-6(4)12/h3H,1-2H2,(H,10,11,12). The molecule has 1 saturated carbocycles. The van der Waals surface area contributed by atoms with Crippen LogP contribution < -0.4 is 5.56 Å². The Labute approximate surface area is 76.2 Å². The molecule has 0 unspecified atom stereocenters. The average molecular weight is 233 g/mol. The molecule has 0 saturated heterocycles. The van der Waals surface area contributed by atoms with Crippen LogP contribution in [0.15, 0.2) is 15.6 Å². The molecule has 0 spiro atoms. The van der Waals surface area contributed by atoms with Crippen LogP contribution in [0.1, 0.15) is 18.5 Å². The fourth-order valence-electron chi connectivity index (χ4n) is 1.04. The molecule has 64 valence electrons. The van der Waals surface area contributed by atoms with Crippen molar-refractivity contribution in [1.29, 1.82) is 0 Å². The summed E-state index contributed by atoms with van der Waals surface area (Å²) in [7, 11) is 0. The van der Waals surface area contributed by atoms with Gasteiger partial charge in [-0.1, -0.05) is 0 Å². The van der Waals surface area contributed by atoms with E-state index in [1.54, 1.807) is 0 Å². The van der Waals surface area contributed by atoms with Crippen LogP contribution in [0, 0.1) is 0 Å². The zero-order valence-corrected chi connectivity index (χ0v) is 7.69. The van der Waals surface area contributed by atoms with Gasteiger partial charge in [0.25, 0.3) is 5.56 Å². The molecular weight excluding hydrogens is 227 g/mol. The molecule has 5 heteroatoms. The number of H-pyrrole nitrogens is 1. The van der Waals surface area contributed by atoms with Crippen molar-refractivity contribution in [3.63, 3.8) is 0 Å². The number of aromatic amines is 1. The van der Waals surface area contributed by atoms with E-state index in [0.717, 1.165) is 0 Å². The summed E-state index contributed by atoms with van der Waals surface area (Å²) in [6.07, 6.45) is 2.15. The Bertz CT molecular complexity index is 372. The summed E-state index contributed by atoms with van der Waals surface area (Å²) in [6.45, 7) is 0. The molecule has 3 nitrogen and oxygen atoms in total. The van der Waals surface area contributed by atoms with E-state index < -0.39 is 5.67 Å². The van der Waals surface area contributed by atoms with Crippen LogP contribution in [0.25, 0.3) is 0 Å². The predicted octanol–water partition coefficient (Wildman–Crippen LogP) is 1.49. The van der Waals surface area contributed by atoms with Gasteiger partial charge in [0.2, 0.25) is 0 Å². The van der Waals surface area contributed by atoms with Crippen molar-refractivity contribution in [2.24, 2.45) is 0 Å². The van der Waals surface area contributed by atoms with Crippen molar-refractivity contribution in [1.82, 2.24) is 9.97 Å². The topological polar surface area (TPSA) is 45.8 Å². The predicted molar refractivity (Wildman–Crippen MR) is 44.6 cm³/mol. The Morgan fingerprint density at radius 1 is 1.67 bits per heavy atom. The molecule has 2 rings (SSSR count).